The smallest absolute Gasteiger partial charge is 0.324 e. The Labute approximate surface area is 161 Å². The molecule has 2 aromatic carbocycles. The topological polar surface area (TPSA) is 81.5 Å². The molecule has 2 amide bonds. The van der Waals surface area contributed by atoms with Crippen molar-refractivity contribution in [3.05, 3.63) is 88.2 Å². The van der Waals surface area contributed by atoms with Crippen molar-refractivity contribution in [2.24, 2.45) is 0 Å². The second-order valence-corrected chi connectivity index (χ2v) is 6.61. The Morgan fingerprint density at radius 1 is 0.964 bits per heavy atom. The standard InChI is InChI=1S/C21H17N3O4/c1-13-10-14(2)23(22-13)12-15-6-5-7-16(11-15)21(27)28-24-19(25)17-8-3-4-9-18(17)20(24)26/h3-11H,12H2,1-2H3. The zero-order valence-electron chi connectivity index (χ0n) is 15.4. The quantitative estimate of drug-likeness (QED) is 0.655. The van der Waals surface area contributed by atoms with Crippen molar-refractivity contribution in [3.63, 3.8) is 0 Å². The number of aromatic nitrogens is 2. The third kappa shape index (κ3) is 3.07. The number of carbonyl (C=O) groups is 3. The summed E-state index contributed by atoms with van der Waals surface area (Å²) in [5.41, 5.74) is 3.46. The first-order chi connectivity index (χ1) is 13.4. The maximum absolute atomic E-state index is 12.5. The van der Waals surface area contributed by atoms with Gasteiger partial charge in [-0.2, -0.15) is 5.10 Å². The fraction of sp³-hybridized carbons (Fsp3) is 0.143. The second-order valence-electron chi connectivity index (χ2n) is 6.61. The highest BCUT2D eigenvalue weighted by Gasteiger charge is 2.38. The van der Waals surface area contributed by atoms with Crippen LogP contribution < -0.4 is 0 Å². The third-order valence-corrected chi connectivity index (χ3v) is 4.53. The van der Waals surface area contributed by atoms with Crippen molar-refractivity contribution in [3.8, 4) is 0 Å². The second kappa shape index (κ2) is 6.77. The molecule has 0 aliphatic carbocycles. The number of amides is 2. The van der Waals surface area contributed by atoms with Gasteiger partial charge in [0, 0.05) is 5.69 Å². The summed E-state index contributed by atoms with van der Waals surface area (Å²) >= 11 is 0. The van der Waals surface area contributed by atoms with Gasteiger partial charge < -0.3 is 4.84 Å². The Kier molecular flexibility index (Phi) is 4.27. The zero-order valence-corrected chi connectivity index (χ0v) is 15.4. The first-order valence-electron chi connectivity index (χ1n) is 8.74. The Bertz CT molecular complexity index is 1080. The molecule has 7 nitrogen and oxygen atoms in total. The Morgan fingerprint density at radius 3 is 2.25 bits per heavy atom. The molecule has 0 spiro atoms. The van der Waals surface area contributed by atoms with Crippen molar-refractivity contribution >= 4 is 17.8 Å². The minimum absolute atomic E-state index is 0.221. The molecular weight excluding hydrogens is 358 g/mol. The van der Waals surface area contributed by atoms with Gasteiger partial charge in [-0.05, 0) is 49.7 Å². The molecule has 140 valence electrons. The van der Waals surface area contributed by atoms with Crippen molar-refractivity contribution in [1.29, 1.82) is 0 Å². The zero-order chi connectivity index (χ0) is 19.8. The highest BCUT2D eigenvalue weighted by atomic mass is 16.7. The van der Waals surface area contributed by atoms with Crippen LogP contribution in [0, 0.1) is 13.8 Å². The van der Waals surface area contributed by atoms with E-state index >= 15 is 0 Å². The van der Waals surface area contributed by atoms with Gasteiger partial charge in [0.1, 0.15) is 0 Å². The molecule has 1 aliphatic heterocycles. The molecule has 0 fully saturated rings. The third-order valence-electron chi connectivity index (χ3n) is 4.53. The number of hydrogen-bond donors (Lipinski definition) is 0. The summed E-state index contributed by atoms with van der Waals surface area (Å²) in [6, 6.07) is 15.2. The van der Waals surface area contributed by atoms with Crippen LogP contribution in [0.5, 0.6) is 0 Å². The number of benzene rings is 2. The fourth-order valence-corrected chi connectivity index (χ4v) is 3.19. The Morgan fingerprint density at radius 2 is 1.64 bits per heavy atom. The minimum Gasteiger partial charge on any atom is -0.324 e. The summed E-state index contributed by atoms with van der Waals surface area (Å²) in [4.78, 5) is 42.3. The summed E-state index contributed by atoms with van der Waals surface area (Å²) in [7, 11) is 0. The van der Waals surface area contributed by atoms with E-state index in [0.29, 0.717) is 11.6 Å². The molecule has 4 rings (SSSR count). The van der Waals surface area contributed by atoms with Gasteiger partial charge in [-0.3, -0.25) is 14.3 Å². The average molecular weight is 375 g/mol. The van der Waals surface area contributed by atoms with Crippen LogP contribution in [-0.2, 0) is 11.4 Å². The van der Waals surface area contributed by atoms with E-state index in [4.69, 9.17) is 4.84 Å². The molecule has 0 atom stereocenters. The van der Waals surface area contributed by atoms with Gasteiger partial charge in [-0.25, -0.2) is 4.79 Å². The molecule has 2 heterocycles. The van der Waals surface area contributed by atoms with Crippen LogP contribution in [0.15, 0.2) is 54.6 Å². The van der Waals surface area contributed by atoms with E-state index in [-0.39, 0.29) is 16.7 Å². The lowest BCUT2D eigenvalue weighted by molar-refractivity contribution is -0.0584. The van der Waals surface area contributed by atoms with Crippen molar-refractivity contribution in [2.45, 2.75) is 20.4 Å². The highest BCUT2D eigenvalue weighted by molar-refractivity contribution is 6.21. The molecule has 0 saturated carbocycles. The molecule has 0 N–H and O–H groups in total. The number of carbonyl (C=O) groups excluding carboxylic acids is 3. The monoisotopic (exact) mass is 375 g/mol. The predicted octanol–water partition coefficient (Wildman–Crippen LogP) is 2.92. The van der Waals surface area contributed by atoms with Crippen LogP contribution in [0.2, 0.25) is 0 Å². The molecular formula is C21H17N3O4. The number of rotatable bonds is 4. The van der Waals surface area contributed by atoms with Crippen molar-refractivity contribution < 1.29 is 19.2 Å². The van der Waals surface area contributed by atoms with E-state index in [1.807, 2.05) is 30.7 Å². The molecule has 3 aromatic rings. The molecule has 0 saturated heterocycles. The van der Waals surface area contributed by atoms with Gasteiger partial charge in [0.25, 0.3) is 11.8 Å². The van der Waals surface area contributed by atoms with E-state index in [9.17, 15) is 14.4 Å². The van der Waals surface area contributed by atoms with E-state index in [1.54, 1.807) is 30.3 Å². The van der Waals surface area contributed by atoms with Crippen molar-refractivity contribution in [1.82, 2.24) is 14.8 Å². The summed E-state index contributed by atoms with van der Waals surface area (Å²) < 4.78 is 1.84. The molecule has 1 aliphatic rings. The first-order valence-corrected chi connectivity index (χ1v) is 8.74. The lowest BCUT2D eigenvalue weighted by atomic mass is 10.1. The van der Waals surface area contributed by atoms with Gasteiger partial charge in [0.15, 0.2) is 0 Å². The number of hydroxylamine groups is 2. The highest BCUT2D eigenvalue weighted by Crippen LogP contribution is 2.23. The lowest BCUT2D eigenvalue weighted by Gasteiger charge is -2.13. The normalized spacial score (nSPS) is 13.0. The summed E-state index contributed by atoms with van der Waals surface area (Å²) in [6.07, 6.45) is 0. The molecule has 0 radical (unpaired) electrons. The van der Waals surface area contributed by atoms with E-state index in [2.05, 4.69) is 5.10 Å². The van der Waals surface area contributed by atoms with Crippen LogP contribution in [0.25, 0.3) is 0 Å². The number of aryl methyl sites for hydroxylation is 2. The van der Waals surface area contributed by atoms with Crippen LogP contribution in [-0.4, -0.2) is 32.6 Å². The van der Waals surface area contributed by atoms with Crippen LogP contribution in [0.4, 0.5) is 0 Å². The minimum atomic E-state index is -0.773. The molecule has 7 heteroatoms. The molecule has 28 heavy (non-hydrogen) atoms. The van der Waals surface area contributed by atoms with Gasteiger partial charge >= 0.3 is 5.97 Å². The average Bonchev–Trinajstić information content (AvgIpc) is 3.13. The summed E-state index contributed by atoms with van der Waals surface area (Å²) in [5.74, 6) is -2.06. The summed E-state index contributed by atoms with van der Waals surface area (Å²) in [6.45, 7) is 4.37. The number of hydrogen-bond acceptors (Lipinski definition) is 5. The van der Waals surface area contributed by atoms with E-state index in [0.717, 1.165) is 17.0 Å². The van der Waals surface area contributed by atoms with Crippen LogP contribution in [0.3, 0.4) is 0 Å². The number of fused-ring (bicyclic) bond motifs is 1. The maximum Gasteiger partial charge on any atom is 0.363 e. The first kappa shape index (κ1) is 17.7. The molecule has 0 unspecified atom stereocenters. The lowest BCUT2D eigenvalue weighted by Crippen LogP contribution is -2.32. The molecule has 1 aromatic heterocycles. The number of nitrogens with zero attached hydrogens (tertiary/aromatic N) is 3. The van der Waals surface area contributed by atoms with E-state index < -0.39 is 17.8 Å². The maximum atomic E-state index is 12.5. The Hall–Kier alpha value is -3.74. The number of imide groups is 1. The Balaban J connectivity index is 1.52. The van der Waals surface area contributed by atoms with Gasteiger partial charge in [0.2, 0.25) is 0 Å². The molecule has 0 bridgehead atoms. The SMILES string of the molecule is Cc1cc(C)n(Cc2cccc(C(=O)ON3C(=O)c4ccccc4C3=O)c2)n1. The van der Waals surface area contributed by atoms with Crippen LogP contribution in [0.1, 0.15) is 48.0 Å². The van der Waals surface area contributed by atoms with Gasteiger partial charge in [0.05, 0.1) is 28.9 Å². The predicted molar refractivity (Wildman–Crippen MR) is 99.6 cm³/mol. The van der Waals surface area contributed by atoms with Gasteiger partial charge in [-0.15, -0.1) is 0 Å². The fourth-order valence-electron chi connectivity index (χ4n) is 3.19. The van der Waals surface area contributed by atoms with Gasteiger partial charge in [-0.1, -0.05) is 29.3 Å². The van der Waals surface area contributed by atoms with Crippen LogP contribution >= 0.6 is 0 Å². The van der Waals surface area contributed by atoms with E-state index in [1.165, 1.54) is 12.1 Å². The van der Waals surface area contributed by atoms with Crippen molar-refractivity contribution in [2.75, 3.05) is 0 Å². The largest absolute Gasteiger partial charge is 0.363 e. The summed E-state index contributed by atoms with van der Waals surface area (Å²) in [5, 5.41) is 4.92.